The van der Waals surface area contributed by atoms with Gasteiger partial charge in [0, 0.05) is 12.7 Å². The normalized spacial score (nSPS) is 26.3. The van der Waals surface area contributed by atoms with E-state index in [0.717, 1.165) is 13.1 Å². The molecular weight excluding hydrogens is 296 g/mol. The van der Waals surface area contributed by atoms with Crippen LogP contribution in [0.5, 0.6) is 0 Å². The Morgan fingerprint density at radius 3 is 2.96 bits per heavy atom. The van der Waals surface area contributed by atoms with Crippen molar-refractivity contribution >= 4 is 11.6 Å². The minimum atomic E-state index is -0.613. The molecule has 0 spiro atoms. The van der Waals surface area contributed by atoms with E-state index in [2.05, 4.69) is 15.3 Å². The number of nitrogens with one attached hydrogen (secondary N) is 1. The van der Waals surface area contributed by atoms with Crippen molar-refractivity contribution in [1.82, 2.24) is 14.7 Å². The van der Waals surface area contributed by atoms with Crippen molar-refractivity contribution in [2.24, 2.45) is 0 Å². The molecule has 1 aromatic rings. The lowest BCUT2D eigenvalue weighted by atomic mass is 10.1. The molecule has 3 unspecified atom stereocenters. The number of fused-ring (bicyclic) bond motifs is 1. The van der Waals surface area contributed by atoms with E-state index in [1.807, 2.05) is 44.6 Å². The Morgan fingerprint density at radius 2 is 2.17 bits per heavy atom. The van der Waals surface area contributed by atoms with Gasteiger partial charge in [0.1, 0.15) is 12.2 Å². The maximum atomic E-state index is 12.3. The molecule has 0 aromatic carbocycles. The van der Waals surface area contributed by atoms with Gasteiger partial charge in [-0.15, -0.1) is 0 Å². The van der Waals surface area contributed by atoms with Crippen molar-refractivity contribution in [3.05, 3.63) is 36.7 Å². The van der Waals surface area contributed by atoms with Gasteiger partial charge in [-0.2, -0.15) is 5.10 Å². The average Bonchev–Trinajstić information content (AvgIpc) is 3.00. The van der Waals surface area contributed by atoms with Crippen LogP contribution in [-0.2, 0) is 20.8 Å². The first-order chi connectivity index (χ1) is 11.1. The second-order valence-electron chi connectivity index (χ2n) is 5.94. The number of likely N-dealkylation sites (N-methyl/N-ethyl adjacent to an activating group) is 1. The molecule has 23 heavy (non-hydrogen) atoms. The molecule has 0 saturated carbocycles. The number of hydrogen-bond donors (Lipinski definition) is 1. The van der Waals surface area contributed by atoms with E-state index in [4.69, 9.17) is 9.47 Å². The smallest absolute Gasteiger partial charge is 0.256 e. The molecule has 2 aliphatic rings. The first kappa shape index (κ1) is 15.9. The molecule has 1 N–H and O–H groups in total. The largest absolute Gasteiger partial charge is 0.368 e. The molecule has 7 heteroatoms. The lowest BCUT2D eigenvalue weighted by molar-refractivity contribution is -0.164. The highest BCUT2D eigenvalue weighted by Gasteiger charge is 2.33. The summed E-state index contributed by atoms with van der Waals surface area (Å²) in [6.07, 6.45) is 10.2. The highest BCUT2D eigenvalue weighted by atomic mass is 16.6. The van der Waals surface area contributed by atoms with E-state index in [9.17, 15) is 4.79 Å². The van der Waals surface area contributed by atoms with Gasteiger partial charge < -0.3 is 19.7 Å². The zero-order valence-corrected chi connectivity index (χ0v) is 13.4. The lowest BCUT2D eigenvalue weighted by Crippen LogP contribution is -2.47. The Morgan fingerprint density at radius 1 is 1.39 bits per heavy atom. The fraction of sp³-hybridized carbons (Fsp3) is 0.500. The van der Waals surface area contributed by atoms with Crippen LogP contribution in [0.2, 0.25) is 0 Å². The van der Waals surface area contributed by atoms with Crippen LogP contribution >= 0.6 is 0 Å². The van der Waals surface area contributed by atoms with Crippen molar-refractivity contribution in [2.45, 2.75) is 24.9 Å². The van der Waals surface area contributed by atoms with Gasteiger partial charge in [-0.05, 0) is 14.1 Å². The minimum absolute atomic E-state index is 0.0992. The molecule has 3 atom stereocenters. The van der Waals surface area contributed by atoms with E-state index in [-0.39, 0.29) is 24.7 Å². The van der Waals surface area contributed by atoms with Crippen molar-refractivity contribution < 1.29 is 14.3 Å². The van der Waals surface area contributed by atoms with Crippen LogP contribution in [0.1, 0.15) is 0 Å². The summed E-state index contributed by atoms with van der Waals surface area (Å²) >= 11 is 0. The predicted molar refractivity (Wildman–Crippen MR) is 86.1 cm³/mol. The Balaban J connectivity index is 1.53. The summed E-state index contributed by atoms with van der Waals surface area (Å²) in [6.45, 7) is 1.91. The summed E-state index contributed by atoms with van der Waals surface area (Å²) in [5.74, 6) is -0.210. The van der Waals surface area contributed by atoms with Crippen molar-refractivity contribution in [3.8, 4) is 0 Å². The first-order valence-electron chi connectivity index (χ1n) is 7.72. The summed E-state index contributed by atoms with van der Waals surface area (Å²) < 4.78 is 13.3. The fourth-order valence-corrected chi connectivity index (χ4v) is 2.48. The Bertz CT molecular complexity index is 608. The lowest BCUT2D eigenvalue weighted by Gasteiger charge is -2.34. The van der Waals surface area contributed by atoms with E-state index >= 15 is 0 Å². The van der Waals surface area contributed by atoms with Gasteiger partial charge in [0.25, 0.3) is 5.91 Å². The molecule has 2 heterocycles. The highest BCUT2D eigenvalue weighted by molar-refractivity contribution is 5.94. The fourth-order valence-electron chi connectivity index (χ4n) is 2.48. The quantitative estimate of drug-likeness (QED) is 0.864. The number of carbonyl (C=O) groups excluding carboxylic acids is 1. The zero-order chi connectivity index (χ0) is 16.2. The zero-order valence-electron chi connectivity index (χ0n) is 13.4. The maximum Gasteiger partial charge on any atom is 0.256 e. The van der Waals surface area contributed by atoms with Crippen molar-refractivity contribution in [3.63, 3.8) is 0 Å². The summed E-state index contributed by atoms with van der Waals surface area (Å²) in [7, 11) is 4.02. The third-order valence-electron chi connectivity index (χ3n) is 3.77. The molecule has 1 amide bonds. The van der Waals surface area contributed by atoms with Crippen molar-refractivity contribution in [2.75, 3.05) is 32.6 Å². The van der Waals surface area contributed by atoms with Crippen LogP contribution in [0.4, 0.5) is 5.69 Å². The minimum Gasteiger partial charge on any atom is -0.368 e. The number of aromatic nitrogens is 2. The number of ether oxygens (including phenoxy) is 2. The number of amides is 1. The van der Waals surface area contributed by atoms with Gasteiger partial charge >= 0.3 is 0 Å². The van der Waals surface area contributed by atoms with Gasteiger partial charge in [0.2, 0.25) is 0 Å². The number of hydrogen-bond acceptors (Lipinski definition) is 5. The summed E-state index contributed by atoms with van der Waals surface area (Å²) in [5, 5.41) is 7.07. The first-order valence-corrected chi connectivity index (χ1v) is 7.72. The van der Waals surface area contributed by atoms with E-state index in [1.54, 1.807) is 10.9 Å². The molecule has 0 bridgehead atoms. The number of carbonyl (C=O) groups is 1. The van der Waals surface area contributed by atoms with Crippen LogP contribution in [-0.4, -0.2) is 66.1 Å². The Labute approximate surface area is 135 Å². The van der Waals surface area contributed by atoms with E-state index in [1.165, 1.54) is 0 Å². The Kier molecular flexibility index (Phi) is 4.90. The highest BCUT2D eigenvalue weighted by Crippen LogP contribution is 2.21. The number of rotatable bonds is 5. The van der Waals surface area contributed by atoms with E-state index in [0.29, 0.717) is 5.69 Å². The topological polar surface area (TPSA) is 68.6 Å². The van der Waals surface area contributed by atoms with Crippen molar-refractivity contribution in [1.29, 1.82) is 0 Å². The van der Waals surface area contributed by atoms with Gasteiger partial charge in [0.15, 0.2) is 6.10 Å². The van der Waals surface area contributed by atoms with Crippen LogP contribution < -0.4 is 5.32 Å². The van der Waals surface area contributed by atoms with Gasteiger partial charge in [0.05, 0.1) is 25.0 Å². The monoisotopic (exact) mass is 318 g/mol. The standard InChI is InChI=1S/C16H22N4O3/c1-19(2)7-8-20-10-12(9-17-20)18-16(21)15-11-22-13-5-3-4-6-14(13)23-15/h3-6,9-10,13-15H,7-8,11H2,1-2H3,(H,18,21). The second kappa shape index (κ2) is 7.08. The maximum absolute atomic E-state index is 12.3. The number of nitrogens with zero attached hydrogens (tertiary/aromatic N) is 3. The molecule has 0 radical (unpaired) electrons. The molecule has 1 saturated heterocycles. The van der Waals surface area contributed by atoms with Gasteiger partial charge in [-0.1, -0.05) is 24.3 Å². The predicted octanol–water partition coefficient (Wildman–Crippen LogP) is 0.662. The summed E-state index contributed by atoms with van der Waals surface area (Å²) in [6, 6.07) is 0. The molecule has 1 aliphatic heterocycles. The molecule has 124 valence electrons. The third-order valence-corrected chi connectivity index (χ3v) is 3.77. The van der Waals surface area contributed by atoms with Crippen LogP contribution in [0, 0.1) is 0 Å². The van der Waals surface area contributed by atoms with Gasteiger partial charge in [-0.25, -0.2) is 0 Å². The van der Waals surface area contributed by atoms with Crippen LogP contribution in [0.3, 0.4) is 0 Å². The van der Waals surface area contributed by atoms with Crippen LogP contribution in [0.15, 0.2) is 36.7 Å². The molecule has 1 fully saturated rings. The van der Waals surface area contributed by atoms with Crippen LogP contribution in [0.25, 0.3) is 0 Å². The summed E-state index contributed by atoms with van der Waals surface area (Å²) in [4.78, 5) is 14.4. The van der Waals surface area contributed by atoms with Gasteiger partial charge in [-0.3, -0.25) is 9.48 Å². The average molecular weight is 318 g/mol. The number of anilines is 1. The Hall–Kier alpha value is -1.96. The number of allylic oxidation sites excluding steroid dienone is 2. The van der Waals surface area contributed by atoms with E-state index < -0.39 is 6.10 Å². The molecule has 1 aliphatic carbocycles. The molecule has 1 aromatic heterocycles. The summed E-state index contributed by atoms with van der Waals surface area (Å²) in [5.41, 5.74) is 0.665. The molecule has 7 nitrogen and oxygen atoms in total. The molecule has 3 rings (SSSR count). The second-order valence-corrected chi connectivity index (χ2v) is 5.94. The SMILES string of the molecule is CN(C)CCn1cc(NC(=O)C2COC3C=CC=CC3O2)cn1. The third kappa shape index (κ3) is 4.07. The molecular formula is C16H22N4O3.